The van der Waals surface area contributed by atoms with Crippen LogP contribution < -0.4 is 0 Å². The topological polar surface area (TPSA) is 87.1 Å². The summed E-state index contributed by atoms with van der Waals surface area (Å²) in [6.45, 7) is 5.27. The summed E-state index contributed by atoms with van der Waals surface area (Å²) in [4.78, 5) is 23.5. The molecule has 0 aliphatic carbocycles. The number of hydrogen-bond donors (Lipinski definition) is 2. The van der Waals surface area contributed by atoms with Crippen LogP contribution in [0, 0.1) is 5.41 Å². The number of ether oxygens (including phenoxy) is 1. The maximum absolute atomic E-state index is 11.5. The lowest BCUT2D eigenvalue weighted by Crippen LogP contribution is -2.39. The van der Waals surface area contributed by atoms with E-state index in [0.29, 0.717) is 6.42 Å². The molecule has 0 spiro atoms. The standard InChI is InChI=1S/C11H19NO5/c1-11(2,3)9(14)17-6-7-4-8(13)5-12(7)10(15)16/h7-8,13H,4-6H2,1-3H3,(H,15,16)/t7-,8+/m1/s1. The third kappa shape index (κ3) is 3.59. The smallest absolute Gasteiger partial charge is 0.407 e. The van der Waals surface area contributed by atoms with Crippen LogP contribution >= 0.6 is 0 Å². The van der Waals surface area contributed by atoms with Crippen LogP contribution in [-0.4, -0.2) is 52.5 Å². The summed E-state index contributed by atoms with van der Waals surface area (Å²) in [7, 11) is 0. The van der Waals surface area contributed by atoms with Crippen molar-refractivity contribution in [1.82, 2.24) is 4.90 Å². The van der Waals surface area contributed by atoms with Crippen molar-refractivity contribution in [3.8, 4) is 0 Å². The summed E-state index contributed by atoms with van der Waals surface area (Å²) in [5.41, 5.74) is -0.606. The molecule has 1 heterocycles. The van der Waals surface area contributed by atoms with Gasteiger partial charge in [0.15, 0.2) is 0 Å². The third-order valence-electron chi connectivity index (χ3n) is 2.66. The fourth-order valence-corrected chi connectivity index (χ4v) is 1.67. The Morgan fingerprint density at radius 3 is 2.47 bits per heavy atom. The Hall–Kier alpha value is -1.30. The third-order valence-corrected chi connectivity index (χ3v) is 2.66. The second-order valence-electron chi connectivity index (χ2n) is 5.33. The Balaban J connectivity index is 2.51. The van der Waals surface area contributed by atoms with E-state index in [1.165, 1.54) is 0 Å². The highest BCUT2D eigenvalue weighted by molar-refractivity contribution is 5.75. The molecule has 17 heavy (non-hydrogen) atoms. The Kier molecular flexibility index (Phi) is 3.98. The van der Waals surface area contributed by atoms with Crippen LogP contribution in [0.3, 0.4) is 0 Å². The number of rotatable bonds is 2. The van der Waals surface area contributed by atoms with Gasteiger partial charge in [-0.05, 0) is 27.2 Å². The van der Waals surface area contributed by atoms with E-state index in [1.54, 1.807) is 20.8 Å². The molecule has 0 aromatic carbocycles. The van der Waals surface area contributed by atoms with Gasteiger partial charge in [-0.2, -0.15) is 0 Å². The summed E-state index contributed by atoms with van der Waals surface area (Å²) in [6, 6.07) is -0.450. The van der Waals surface area contributed by atoms with Crippen LogP contribution in [0.5, 0.6) is 0 Å². The molecule has 98 valence electrons. The maximum atomic E-state index is 11.5. The van der Waals surface area contributed by atoms with E-state index in [9.17, 15) is 14.7 Å². The van der Waals surface area contributed by atoms with Crippen molar-refractivity contribution < 1.29 is 24.5 Å². The number of likely N-dealkylation sites (tertiary alicyclic amines) is 1. The minimum atomic E-state index is -1.10. The quantitative estimate of drug-likeness (QED) is 0.699. The Morgan fingerprint density at radius 2 is 2.00 bits per heavy atom. The molecule has 2 N–H and O–H groups in total. The lowest BCUT2D eigenvalue weighted by Gasteiger charge is -2.23. The molecule has 6 nitrogen and oxygen atoms in total. The second kappa shape index (κ2) is 4.91. The molecule has 0 unspecified atom stereocenters. The number of aliphatic hydroxyl groups excluding tert-OH is 1. The summed E-state index contributed by atoms with van der Waals surface area (Å²) in [6.07, 6.45) is -1.47. The molecule has 1 aliphatic rings. The number of β-amino-alcohol motifs (C(OH)–C–C–N with tert-alkyl or cyclic N) is 1. The number of carboxylic acid groups (broad SMARTS) is 1. The van der Waals surface area contributed by atoms with Gasteiger partial charge in [0, 0.05) is 0 Å². The largest absolute Gasteiger partial charge is 0.465 e. The number of nitrogens with zero attached hydrogens (tertiary/aromatic N) is 1. The predicted molar refractivity (Wildman–Crippen MR) is 59.6 cm³/mol. The van der Waals surface area contributed by atoms with Crippen LogP contribution in [0.1, 0.15) is 27.2 Å². The van der Waals surface area contributed by atoms with Crippen molar-refractivity contribution in [2.75, 3.05) is 13.2 Å². The van der Waals surface area contributed by atoms with E-state index in [0.717, 1.165) is 4.90 Å². The fraction of sp³-hybridized carbons (Fsp3) is 0.818. The Labute approximate surface area is 100 Å². The maximum Gasteiger partial charge on any atom is 0.407 e. The van der Waals surface area contributed by atoms with Gasteiger partial charge in [0.05, 0.1) is 24.1 Å². The molecule has 6 heteroatoms. The van der Waals surface area contributed by atoms with Crippen molar-refractivity contribution in [3.05, 3.63) is 0 Å². The second-order valence-corrected chi connectivity index (χ2v) is 5.33. The molecule has 2 atom stereocenters. The van der Waals surface area contributed by atoms with E-state index < -0.39 is 23.7 Å². The van der Waals surface area contributed by atoms with Crippen LogP contribution in [0.2, 0.25) is 0 Å². The number of carbonyl (C=O) groups is 2. The van der Waals surface area contributed by atoms with Crippen molar-refractivity contribution in [1.29, 1.82) is 0 Å². The average molecular weight is 245 g/mol. The van der Waals surface area contributed by atoms with Gasteiger partial charge in [0.2, 0.25) is 0 Å². The molecule has 0 bridgehead atoms. The van der Waals surface area contributed by atoms with Crippen LogP contribution in [0.4, 0.5) is 4.79 Å². The normalized spacial score (nSPS) is 24.8. The Morgan fingerprint density at radius 1 is 1.41 bits per heavy atom. The van der Waals surface area contributed by atoms with Crippen LogP contribution in [0.25, 0.3) is 0 Å². The van der Waals surface area contributed by atoms with Crippen molar-refractivity contribution in [2.24, 2.45) is 5.41 Å². The molecule has 0 saturated carbocycles. The van der Waals surface area contributed by atoms with Gasteiger partial charge in [-0.1, -0.05) is 0 Å². The van der Waals surface area contributed by atoms with Crippen molar-refractivity contribution in [2.45, 2.75) is 39.3 Å². The summed E-state index contributed by atoms with van der Waals surface area (Å²) in [5, 5.41) is 18.3. The highest BCUT2D eigenvalue weighted by Crippen LogP contribution is 2.20. The Bertz CT molecular complexity index is 309. The highest BCUT2D eigenvalue weighted by atomic mass is 16.5. The van der Waals surface area contributed by atoms with Gasteiger partial charge < -0.3 is 14.9 Å². The van der Waals surface area contributed by atoms with E-state index in [1.807, 2.05) is 0 Å². The molecule has 0 aromatic rings. The van der Waals surface area contributed by atoms with E-state index in [-0.39, 0.29) is 19.1 Å². The highest BCUT2D eigenvalue weighted by Gasteiger charge is 2.35. The van der Waals surface area contributed by atoms with Crippen LogP contribution in [0.15, 0.2) is 0 Å². The summed E-state index contributed by atoms with van der Waals surface area (Å²) < 4.78 is 5.06. The first-order valence-electron chi connectivity index (χ1n) is 5.56. The predicted octanol–water partition coefficient (Wildman–Crippen LogP) is 0.689. The molecule has 1 aliphatic heterocycles. The van der Waals surface area contributed by atoms with Gasteiger partial charge in [0.25, 0.3) is 0 Å². The summed E-state index contributed by atoms with van der Waals surface area (Å²) in [5.74, 6) is -0.371. The zero-order chi connectivity index (χ0) is 13.2. The fourth-order valence-electron chi connectivity index (χ4n) is 1.67. The first-order chi connectivity index (χ1) is 7.71. The van der Waals surface area contributed by atoms with E-state index in [2.05, 4.69) is 0 Å². The SMILES string of the molecule is CC(C)(C)C(=O)OC[C@H]1C[C@H](O)CN1C(=O)O. The van der Waals surface area contributed by atoms with E-state index >= 15 is 0 Å². The number of carbonyl (C=O) groups excluding carboxylic acids is 1. The van der Waals surface area contributed by atoms with Gasteiger partial charge in [-0.3, -0.25) is 9.69 Å². The number of aliphatic hydroxyl groups is 1. The lowest BCUT2D eigenvalue weighted by atomic mass is 9.97. The van der Waals surface area contributed by atoms with Crippen molar-refractivity contribution >= 4 is 12.1 Å². The molecule has 1 amide bonds. The number of esters is 1. The zero-order valence-electron chi connectivity index (χ0n) is 10.3. The monoisotopic (exact) mass is 245 g/mol. The molecule has 1 rings (SSSR count). The van der Waals surface area contributed by atoms with Gasteiger partial charge in [-0.15, -0.1) is 0 Å². The molecule has 0 radical (unpaired) electrons. The van der Waals surface area contributed by atoms with Crippen LogP contribution in [-0.2, 0) is 9.53 Å². The molecule has 1 saturated heterocycles. The van der Waals surface area contributed by atoms with E-state index in [4.69, 9.17) is 9.84 Å². The van der Waals surface area contributed by atoms with Gasteiger partial charge in [-0.25, -0.2) is 4.79 Å². The number of hydrogen-bond acceptors (Lipinski definition) is 4. The molecular formula is C11H19NO5. The first-order valence-corrected chi connectivity index (χ1v) is 5.56. The van der Waals surface area contributed by atoms with Gasteiger partial charge >= 0.3 is 12.1 Å². The number of amides is 1. The lowest BCUT2D eigenvalue weighted by molar-refractivity contribution is -0.154. The van der Waals surface area contributed by atoms with Crippen molar-refractivity contribution in [3.63, 3.8) is 0 Å². The molecule has 1 fully saturated rings. The molecular weight excluding hydrogens is 226 g/mol. The summed E-state index contributed by atoms with van der Waals surface area (Å²) >= 11 is 0. The average Bonchev–Trinajstić information content (AvgIpc) is 2.54. The minimum absolute atomic E-state index is 0.000532. The minimum Gasteiger partial charge on any atom is -0.465 e. The molecule has 0 aromatic heterocycles. The zero-order valence-corrected chi connectivity index (χ0v) is 10.3. The van der Waals surface area contributed by atoms with Gasteiger partial charge in [0.1, 0.15) is 6.61 Å². The first kappa shape index (κ1) is 13.8.